The Morgan fingerprint density at radius 1 is 0.944 bits per heavy atom. The van der Waals surface area contributed by atoms with Gasteiger partial charge in [0.1, 0.15) is 0 Å². The molecule has 0 bridgehead atoms. The van der Waals surface area contributed by atoms with Crippen LogP contribution in [0.25, 0.3) is 0 Å². The predicted molar refractivity (Wildman–Crippen MR) is 92.1 cm³/mol. The molecule has 0 saturated carbocycles. The second kappa shape index (κ2) is 7.73. The van der Waals surface area contributed by atoms with Gasteiger partial charge in [-0.1, -0.05) is 0 Å². The number of rotatable bonds is 6. The van der Waals surface area contributed by atoms with Crippen LogP contribution < -0.4 is 0 Å². The predicted octanol–water partition coefficient (Wildman–Crippen LogP) is 2.21. The van der Waals surface area contributed by atoms with Crippen LogP contribution in [-0.2, 0) is 0 Å². The molecule has 3 aliphatic heterocycles. The van der Waals surface area contributed by atoms with E-state index >= 15 is 0 Å². The van der Waals surface area contributed by atoms with Crippen molar-refractivity contribution in [1.82, 2.24) is 0 Å². The molecule has 6 heteroatoms. The van der Waals surface area contributed by atoms with E-state index in [4.69, 9.17) is 0 Å². The zero-order chi connectivity index (χ0) is 12.5. The van der Waals surface area contributed by atoms with Crippen molar-refractivity contribution in [3.05, 3.63) is 0 Å². The Morgan fingerprint density at radius 3 is 1.78 bits per heavy atom. The molecule has 0 aromatic carbocycles. The molecule has 3 rings (SSSR count). The van der Waals surface area contributed by atoms with Gasteiger partial charge in [0.2, 0.25) is 0 Å². The summed E-state index contributed by atoms with van der Waals surface area (Å²) in [4.78, 5) is 2.35. The maximum absolute atomic E-state index is 2.20. The van der Waals surface area contributed by atoms with Crippen molar-refractivity contribution in [1.29, 1.82) is 0 Å². The first-order chi connectivity index (χ1) is 8.72. The Balaban J connectivity index is 1.46. The molecule has 6 unspecified atom stereocenters. The zero-order valence-corrected chi connectivity index (χ0v) is 20.4. The van der Waals surface area contributed by atoms with Crippen LogP contribution in [-0.4, -0.2) is 96.5 Å². The zero-order valence-electron chi connectivity index (χ0n) is 10.2. The van der Waals surface area contributed by atoms with Crippen LogP contribution in [0.2, 0.25) is 28.2 Å². The van der Waals surface area contributed by atoms with Gasteiger partial charge in [0.05, 0.1) is 0 Å². The van der Waals surface area contributed by atoms with Gasteiger partial charge in [-0.3, -0.25) is 0 Å². The Kier molecular flexibility index (Phi) is 6.95. The second-order valence-corrected chi connectivity index (χ2v) is 17.1. The first-order valence-electron chi connectivity index (χ1n) is 6.55. The van der Waals surface area contributed by atoms with Crippen LogP contribution in [0.5, 0.6) is 0 Å². The number of hydrogen-bond acceptors (Lipinski definition) is 2. The Labute approximate surface area is 159 Å². The molecule has 3 fully saturated rings. The van der Waals surface area contributed by atoms with Gasteiger partial charge < -0.3 is 0 Å². The summed E-state index contributed by atoms with van der Waals surface area (Å²) in [5.74, 6) is 2.95. The first kappa shape index (κ1) is 16.2. The average molecular weight is 642 g/mol. The molecule has 0 nitrogen and oxygen atoms in total. The summed E-state index contributed by atoms with van der Waals surface area (Å²) in [7, 11) is 0. The van der Waals surface area contributed by atoms with Gasteiger partial charge in [0.15, 0.2) is 0 Å². The molecule has 0 amide bonds. The fraction of sp³-hybridized carbons (Fsp3) is 1.00. The van der Waals surface area contributed by atoms with Crippen molar-refractivity contribution in [2.24, 2.45) is 0 Å². The third-order valence-electron chi connectivity index (χ3n) is 3.59. The molecule has 6 atom stereocenters. The monoisotopic (exact) mass is 648 g/mol. The molecular formula is C12H20S2Se2Te2. The fourth-order valence-corrected chi connectivity index (χ4v) is 18.9. The molecule has 0 radical (unpaired) electrons. The van der Waals surface area contributed by atoms with Crippen LogP contribution in [0, 0.1) is 0 Å². The van der Waals surface area contributed by atoms with E-state index in [9.17, 15) is 0 Å². The Morgan fingerprint density at radius 2 is 1.39 bits per heavy atom. The summed E-state index contributed by atoms with van der Waals surface area (Å²) in [6.45, 7) is 0. The molecule has 3 heterocycles. The van der Waals surface area contributed by atoms with Crippen LogP contribution in [0.3, 0.4) is 0 Å². The van der Waals surface area contributed by atoms with E-state index < -0.39 is 0 Å². The molecule has 0 aromatic rings. The molecule has 0 aromatic heterocycles. The van der Waals surface area contributed by atoms with Crippen molar-refractivity contribution in [2.45, 2.75) is 51.5 Å². The Bertz CT molecular complexity index is 261. The number of thioether (sulfide) groups is 2. The average Bonchev–Trinajstić information content (AvgIpc) is 3.25. The van der Waals surface area contributed by atoms with Crippen molar-refractivity contribution in [2.75, 3.05) is 11.5 Å². The van der Waals surface area contributed by atoms with E-state index in [1.165, 1.54) is 21.1 Å². The van der Waals surface area contributed by atoms with Gasteiger partial charge in [0, 0.05) is 0 Å². The summed E-state index contributed by atoms with van der Waals surface area (Å²) >= 11 is 10.7. The molecule has 3 aliphatic rings. The van der Waals surface area contributed by atoms with Crippen LogP contribution in [0.1, 0.15) is 12.8 Å². The van der Waals surface area contributed by atoms with Crippen LogP contribution in [0.4, 0.5) is 0 Å². The van der Waals surface area contributed by atoms with E-state index in [1.807, 2.05) is 0 Å². The maximum atomic E-state index is 2.20. The SMILES string of the molecule is [TeH]C(CC1CS1)C1C[Se]CC(C([TeH])CC2CS2)[Se]1. The second-order valence-electron chi connectivity index (χ2n) is 5.27. The van der Waals surface area contributed by atoms with Crippen molar-refractivity contribution < 1.29 is 0 Å². The van der Waals surface area contributed by atoms with Gasteiger partial charge in [-0.25, -0.2) is 0 Å². The van der Waals surface area contributed by atoms with Gasteiger partial charge in [-0.2, -0.15) is 0 Å². The summed E-state index contributed by atoms with van der Waals surface area (Å²) in [6.07, 6.45) is 3.12. The van der Waals surface area contributed by atoms with Gasteiger partial charge >= 0.3 is 161 Å². The molecular weight excluding hydrogens is 621 g/mol. The fourth-order valence-electron chi connectivity index (χ4n) is 2.26. The standard InChI is InChI=1S/C12H20S2Se2Te2/c17-11(1-7-3-13-7)9-5-15-6-10(16-9)12(18)2-8-4-14-8/h7-12,17-18H,1-6H2. The van der Waals surface area contributed by atoms with Crippen LogP contribution >= 0.6 is 23.5 Å². The normalized spacial score (nSPS) is 42.3. The third-order valence-corrected chi connectivity index (χ3v) is 19.7. The molecule has 0 aliphatic carbocycles. The third kappa shape index (κ3) is 5.20. The van der Waals surface area contributed by atoms with Gasteiger partial charge in [0.25, 0.3) is 0 Å². The summed E-state index contributed by atoms with van der Waals surface area (Å²) in [5, 5.41) is 5.42. The quantitative estimate of drug-likeness (QED) is 0.323. The van der Waals surface area contributed by atoms with E-state index in [1.54, 1.807) is 23.5 Å². The summed E-state index contributed by atoms with van der Waals surface area (Å²) in [5.41, 5.74) is 0. The number of hydrogen-bond donors (Lipinski definition) is 0. The topological polar surface area (TPSA) is 0 Å². The van der Waals surface area contributed by atoms with E-state index in [0.717, 1.165) is 48.3 Å². The van der Waals surface area contributed by atoms with E-state index in [-0.39, 0.29) is 0 Å². The van der Waals surface area contributed by atoms with E-state index in [0.29, 0.717) is 0 Å². The van der Waals surface area contributed by atoms with Gasteiger partial charge in [-0.15, -0.1) is 0 Å². The molecule has 104 valence electrons. The van der Waals surface area contributed by atoms with Crippen molar-refractivity contribution >= 4 is 98.0 Å². The molecule has 0 spiro atoms. The summed E-state index contributed by atoms with van der Waals surface area (Å²) < 4.78 is 2.19. The van der Waals surface area contributed by atoms with Gasteiger partial charge in [-0.05, 0) is 0 Å². The van der Waals surface area contributed by atoms with Crippen molar-refractivity contribution in [3.8, 4) is 0 Å². The van der Waals surface area contributed by atoms with Crippen LogP contribution in [0.15, 0.2) is 0 Å². The first-order valence-corrected chi connectivity index (χ1v) is 16.0. The van der Waals surface area contributed by atoms with Crippen molar-refractivity contribution in [3.63, 3.8) is 0 Å². The van der Waals surface area contributed by atoms with E-state index in [2.05, 4.69) is 68.1 Å². The molecule has 0 N–H and O–H groups in total. The Hall–Kier alpha value is 3.32. The molecule has 3 saturated heterocycles. The summed E-state index contributed by atoms with van der Waals surface area (Å²) in [6, 6.07) is 0. The molecule has 18 heavy (non-hydrogen) atoms. The minimum atomic E-state index is 0.981. The minimum absolute atomic E-state index is 0.981.